The molecule has 0 heterocycles. The number of carbonyl (C=O) groups is 1. The third-order valence-electron chi connectivity index (χ3n) is 3.43. The van der Waals surface area contributed by atoms with Gasteiger partial charge in [0.25, 0.3) is 0 Å². The number of methoxy groups -OCH3 is 1. The summed E-state index contributed by atoms with van der Waals surface area (Å²) in [5.74, 6) is -0.145. The van der Waals surface area contributed by atoms with Gasteiger partial charge in [-0.25, -0.2) is 0 Å². The van der Waals surface area contributed by atoms with Gasteiger partial charge in [0.15, 0.2) is 0 Å². The summed E-state index contributed by atoms with van der Waals surface area (Å²) < 4.78 is 4.88. The predicted molar refractivity (Wildman–Crippen MR) is 72.0 cm³/mol. The van der Waals surface area contributed by atoms with Crippen molar-refractivity contribution in [1.82, 2.24) is 4.90 Å². The van der Waals surface area contributed by atoms with Crippen molar-refractivity contribution in [3.8, 4) is 0 Å². The fourth-order valence-corrected chi connectivity index (χ4v) is 1.84. The number of hydrogen-bond acceptors (Lipinski definition) is 3. The Labute approximate surface area is 106 Å². The lowest BCUT2D eigenvalue weighted by molar-refractivity contribution is -0.153. The molecule has 0 bridgehead atoms. The molecule has 17 heavy (non-hydrogen) atoms. The van der Waals surface area contributed by atoms with Crippen molar-refractivity contribution < 1.29 is 9.53 Å². The highest BCUT2D eigenvalue weighted by Gasteiger charge is 2.35. The maximum absolute atomic E-state index is 11.8. The Morgan fingerprint density at radius 2 is 1.88 bits per heavy atom. The fourth-order valence-electron chi connectivity index (χ4n) is 1.84. The number of likely N-dealkylation sites (N-methyl/N-ethyl adjacent to an activating group) is 1. The Kier molecular flexibility index (Phi) is 7.88. The van der Waals surface area contributed by atoms with Crippen molar-refractivity contribution in [2.75, 3.05) is 21.2 Å². The van der Waals surface area contributed by atoms with Crippen LogP contribution in [0.4, 0.5) is 0 Å². The summed E-state index contributed by atoms with van der Waals surface area (Å²) in [6.45, 7) is 5.65. The summed E-state index contributed by atoms with van der Waals surface area (Å²) in [5.41, 5.74) is -0.493. The van der Waals surface area contributed by atoms with E-state index >= 15 is 0 Å². The molecule has 0 aliphatic carbocycles. The molecule has 100 valence electrons. The van der Waals surface area contributed by atoms with Crippen molar-refractivity contribution in [2.24, 2.45) is 0 Å². The number of carbonyl (C=O) groups excluding carboxylic acids is 1. The molecule has 0 rings (SSSR count). The molecular formula is C14H27NO2. The van der Waals surface area contributed by atoms with Gasteiger partial charge in [-0.15, -0.1) is 6.58 Å². The van der Waals surface area contributed by atoms with Gasteiger partial charge in [0.2, 0.25) is 0 Å². The predicted octanol–water partition coefficient (Wildman–Crippen LogP) is 3.01. The molecule has 0 radical (unpaired) electrons. The van der Waals surface area contributed by atoms with Gasteiger partial charge < -0.3 is 4.74 Å². The zero-order valence-electron chi connectivity index (χ0n) is 11.8. The first-order chi connectivity index (χ1) is 7.99. The minimum absolute atomic E-state index is 0.145. The van der Waals surface area contributed by atoms with E-state index in [4.69, 9.17) is 4.74 Å². The van der Waals surface area contributed by atoms with E-state index < -0.39 is 5.54 Å². The first-order valence-corrected chi connectivity index (χ1v) is 6.35. The van der Waals surface area contributed by atoms with Crippen molar-refractivity contribution in [2.45, 2.75) is 51.0 Å². The van der Waals surface area contributed by atoms with Crippen LogP contribution in [0.15, 0.2) is 12.7 Å². The average molecular weight is 241 g/mol. The molecule has 0 aliphatic rings. The van der Waals surface area contributed by atoms with E-state index in [1.807, 2.05) is 32.0 Å². The zero-order chi connectivity index (χ0) is 13.3. The van der Waals surface area contributed by atoms with Crippen LogP contribution in [-0.2, 0) is 9.53 Å². The number of nitrogens with zero attached hydrogens (tertiary/aromatic N) is 1. The van der Waals surface area contributed by atoms with Crippen LogP contribution in [0.3, 0.4) is 0 Å². The molecule has 3 nitrogen and oxygen atoms in total. The van der Waals surface area contributed by atoms with Gasteiger partial charge in [0.05, 0.1) is 7.11 Å². The van der Waals surface area contributed by atoms with Gasteiger partial charge in [0, 0.05) is 0 Å². The van der Waals surface area contributed by atoms with Gasteiger partial charge in [-0.05, 0) is 40.3 Å². The summed E-state index contributed by atoms with van der Waals surface area (Å²) in [5, 5.41) is 0. The number of hydrogen-bond donors (Lipinski definition) is 0. The number of ether oxygens (including phenoxy) is 1. The highest BCUT2D eigenvalue weighted by atomic mass is 16.5. The largest absolute Gasteiger partial charge is 0.468 e. The summed E-state index contributed by atoms with van der Waals surface area (Å²) in [7, 11) is 5.30. The fraction of sp³-hybridized carbons (Fsp3) is 0.786. The molecule has 0 aromatic heterocycles. The Balaban J connectivity index is 4.02. The number of allylic oxidation sites excluding steroid dienone is 1. The van der Waals surface area contributed by atoms with Crippen LogP contribution in [0.5, 0.6) is 0 Å². The van der Waals surface area contributed by atoms with Crippen LogP contribution in [0.2, 0.25) is 0 Å². The second kappa shape index (κ2) is 8.29. The van der Waals surface area contributed by atoms with Crippen molar-refractivity contribution in [3.63, 3.8) is 0 Å². The molecule has 0 spiro atoms. The maximum atomic E-state index is 11.8. The average Bonchev–Trinajstić information content (AvgIpc) is 2.31. The Hall–Kier alpha value is -0.830. The second-order valence-electron chi connectivity index (χ2n) is 4.90. The van der Waals surface area contributed by atoms with Crippen molar-refractivity contribution in [3.05, 3.63) is 12.7 Å². The summed E-state index contributed by atoms with van der Waals surface area (Å²) in [4.78, 5) is 13.7. The van der Waals surface area contributed by atoms with Crippen molar-refractivity contribution >= 4 is 5.97 Å². The van der Waals surface area contributed by atoms with E-state index in [1.54, 1.807) is 0 Å². The molecule has 0 aromatic carbocycles. The van der Waals surface area contributed by atoms with E-state index in [9.17, 15) is 4.79 Å². The van der Waals surface area contributed by atoms with Crippen LogP contribution < -0.4 is 0 Å². The Bertz CT molecular complexity index is 238. The van der Waals surface area contributed by atoms with Gasteiger partial charge >= 0.3 is 5.97 Å². The normalized spacial score (nSPS) is 14.4. The Morgan fingerprint density at radius 3 is 2.35 bits per heavy atom. The van der Waals surface area contributed by atoms with Gasteiger partial charge in [-0.2, -0.15) is 0 Å². The first-order valence-electron chi connectivity index (χ1n) is 6.35. The molecule has 3 heteroatoms. The van der Waals surface area contributed by atoms with Crippen LogP contribution in [0.25, 0.3) is 0 Å². The van der Waals surface area contributed by atoms with E-state index in [0.717, 1.165) is 25.7 Å². The lowest BCUT2D eigenvalue weighted by Crippen LogP contribution is -2.49. The molecule has 1 unspecified atom stereocenters. The standard InChI is InChI=1S/C14H27NO2/c1-6-7-8-9-10-11-12-14(2,15(3)4)13(16)17-5/h6H,1,7-12H2,2-5H3. The Morgan fingerprint density at radius 1 is 1.29 bits per heavy atom. The SMILES string of the molecule is C=CCCCCCCC(C)(C(=O)OC)N(C)C. The molecule has 0 saturated heterocycles. The first kappa shape index (κ1) is 16.2. The number of unbranched alkanes of at least 4 members (excludes halogenated alkanes) is 4. The van der Waals surface area contributed by atoms with Gasteiger partial charge in [-0.1, -0.05) is 25.3 Å². The summed E-state index contributed by atoms with van der Waals surface area (Å²) in [6, 6.07) is 0. The number of esters is 1. The third-order valence-corrected chi connectivity index (χ3v) is 3.43. The maximum Gasteiger partial charge on any atom is 0.325 e. The zero-order valence-corrected chi connectivity index (χ0v) is 11.8. The summed E-state index contributed by atoms with van der Waals surface area (Å²) in [6.07, 6.45) is 8.51. The monoisotopic (exact) mass is 241 g/mol. The molecule has 0 aromatic rings. The third kappa shape index (κ3) is 5.35. The lowest BCUT2D eigenvalue weighted by atomic mass is 9.92. The van der Waals surface area contributed by atoms with Gasteiger partial charge in [0.1, 0.15) is 5.54 Å². The number of rotatable bonds is 9. The lowest BCUT2D eigenvalue weighted by Gasteiger charge is -2.33. The topological polar surface area (TPSA) is 29.5 Å². The quantitative estimate of drug-likeness (QED) is 0.353. The molecule has 0 amide bonds. The minimum atomic E-state index is -0.493. The molecule has 1 atom stereocenters. The molecule has 0 saturated carbocycles. The smallest absolute Gasteiger partial charge is 0.325 e. The van der Waals surface area contributed by atoms with Crippen LogP contribution in [-0.4, -0.2) is 37.6 Å². The van der Waals surface area contributed by atoms with E-state index in [2.05, 4.69) is 6.58 Å². The highest BCUT2D eigenvalue weighted by molar-refractivity contribution is 5.80. The van der Waals surface area contributed by atoms with Crippen LogP contribution in [0, 0.1) is 0 Å². The van der Waals surface area contributed by atoms with Crippen LogP contribution >= 0.6 is 0 Å². The molecule has 0 fully saturated rings. The molecule has 0 aliphatic heterocycles. The highest BCUT2D eigenvalue weighted by Crippen LogP contribution is 2.22. The molecule has 0 N–H and O–H groups in total. The second-order valence-corrected chi connectivity index (χ2v) is 4.90. The summed E-state index contributed by atoms with van der Waals surface area (Å²) >= 11 is 0. The van der Waals surface area contributed by atoms with Gasteiger partial charge in [-0.3, -0.25) is 9.69 Å². The van der Waals surface area contributed by atoms with Crippen LogP contribution in [0.1, 0.15) is 45.4 Å². The van der Waals surface area contributed by atoms with E-state index in [-0.39, 0.29) is 5.97 Å². The minimum Gasteiger partial charge on any atom is -0.468 e. The van der Waals surface area contributed by atoms with E-state index in [0.29, 0.717) is 0 Å². The van der Waals surface area contributed by atoms with Crippen molar-refractivity contribution in [1.29, 1.82) is 0 Å². The van der Waals surface area contributed by atoms with E-state index in [1.165, 1.54) is 20.0 Å². The molecular weight excluding hydrogens is 214 g/mol.